The van der Waals surface area contributed by atoms with Crippen LogP contribution >= 0.6 is 0 Å². The van der Waals surface area contributed by atoms with Crippen LogP contribution in [0.1, 0.15) is 369 Å². The van der Waals surface area contributed by atoms with E-state index in [0.717, 1.165) is 247 Å². The minimum atomic E-state index is 0.434. The number of hydrogen-bond acceptors (Lipinski definition) is 5. The van der Waals surface area contributed by atoms with E-state index < -0.39 is 0 Å². The van der Waals surface area contributed by atoms with Crippen molar-refractivity contribution in [2.24, 2.45) is 207 Å². The highest BCUT2D eigenvalue weighted by Gasteiger charge is 2.56. The quantitative estimate of drug-likeness (QED) is 0.0753. The van der Waals surface area contributed by atoms with E-state index in [-0.39, 0.29) is 0 Å². The van der Waals surface area contributed by atoms with Gasteiger partial charge in [-0.15, -0.1) is 0 Å². The van der Waals surface area contributed by atoms with Crippen LogP contribution in [0, 0.1) is 242 Å². The molecule has 1 saturated heterocycles. The summed E-state index contributed by atoms with van der Waals surface area (Å²) in [6.07, 6.45) is 76.6. The van der Waals surface area contributed by atoms with Gasteiger partial charge >= 0.3 is 0 Å². The molecular weight excluding hydrogens is 1650 g/mol. The first-order chi connectivity index (χ1) is 66.2. The molecule has 6 heteroatoms. The van der Waals surface area contributed by atoms with Gasteiger partial charge in [0, 0.05) is 25.2 Å². The second kappa shape index (κ2) is 41.1. The van der Waals surface area contributed by atoms with Crippen molar-refractivity contribution in [3.63, 3.8) is 0 Å². The van der Waals surface area contributed by atoms with Gasteiger partial charge in [0.25, 0.3) is 0 Å². The number of phenols is 3. The summed E-state index contributed by atoms with van der Waals surface area (Å²) in [6, 6.07) is 38.0. The molecule has 2 aliphatic heterocycles. The standard InChI is InChI=1S/C20H28O.2C19H26O.2C19H26.C18H26N2.C16H27N/c1-12-3-4-18(20(21)5-12)13(2)6-19-16-8-14-7-15(10-16)11-17(19)9-14;1-12-6-13(3-5-19(12)20)2-4-18-16-8-14-7-15(10-16)11-17(18)9-14;1-12-2-3-15(19(20)6-12)4-5-18-16-8-13-7-14(10-16)11-17(18)9-13;2*1-13-2-4-14(5-3-13)6-7-19-17-9-15-8-16(11-17)12-18(19)10-15;1-2-18-19-16(11-20(18)5-1)3-4-17-14-7-12-6-13(9-14)10-15(17)8-12;1-11-2-4-17(5-3-11)16-14-7-12-6-13(9-14)10-15(16)8-12/h3-5,13-17,19,21H,6-11H2,1-2H3;3,5-6,14-18,20H,2,4,7-11H2,1H3;2-3,6,13-14,16-18,20H,4-5,7-11H2,1H3;2*2-5,15-19H,6-12H2,1H3;11-15,17H,1-10H2;11-16H,2-10H2,1H3. The van der Waals surface area contributed by atoms with Gasteiger partial charge in [-0.2, -0.15) is 0 Å². The maximum Gasteiger partial charge on any atom is 0.119 e. The van der Waals surface area contributed by atoms with Crippen LogP contribution < -0.4 is 0 Å². The lowest BCUT2D eigenvalue weighted by Crippen LogP contribution is -2.57. The molecule has 738 valence electrons. The summed E-state index contributed by atoms with van der Waals surface area (Å²) in [5.41, 5.74) is 14.3. The fourth-order valence-corrected chi connectivity index (χ4v) is 40.7. The number of hydrogen-bond donors (Lipinski definition) is 3. The number of phenolic OH excluding ortho intramolecular Hbond substituents is 3. The van der Waals surface area contributed by atoms with Gasteiger partial charge in [0.1, 0.15) is 23.1 Å². The highest BCUT2D eigenvalue weighted by Crippen LogP contribution is 2.65. The number of fused-ring (bicyclic) bond motifs is 1. The Hall–Kier alpha value is -5.33. The van der Waals surface area contributed by atoms with E-state index >= 15 is 0 Å². The molecule has 0 radical (unpaired) electrons. The first-order valence-corrected chi connectivity index (χ1v) is 59.4. The molecule has 136 heavy (non-hydrogen) atoms. The van der Waals surface area contributed by atoms with E-state index in [1.807, 2.05) is 39.0 Å². The van der Waals surface area contributed by atoms with Gasteiger partial charge < -0.3 is 19.9 Å². The highest BCUT2D eigenvalue weighted by atomic mass is 16.3. The fraction of sp³-hybridized carbons (Fsp3) is 0.746. The Morgan fingerprint density at radius 2 is 0.625 bits per heavy atom. The molecule has 6 aromatic rings. The zero-order valence-corrected chi connectivity index (χ0v) is 86.4. The van der Waals surface area contributed by atoms with Crippen molar-refractivity contribution < 1.29 is 15.3 Å². The second-order valence-electron chi connectivity index (χ2n) is 54.8. The number of aromatic nitrogens is 2. The molecule has 28 aliphatic carbocycles. The maximum atomic E-state index is 10.2. The Labute approximate surface area is 826 Å². The Kier molecular flexibility index (Phi) is 28.5. The summed E-state index contributed by atoms with van der Waals surface area (Å²) in [5.74, 6) is 40.6. The lowest BCUT2D eigenvalue weighted by atomic mass is 9.50. The van der Waals surface area contributed by atoms with Crippen molar-refractivity contribution in [2.45, 2.75) is 388 Å². The lowest BCUT2D eigenvalue weighted by molar-refractivity contribution is -0.0729. The second-order valence-corrected chi connectivity index (χ2v) is 54.8. The monoisotopic (exact) mass is 1840 g/mol. The minimum absolute atomic E-state index is 0.434. The SMILES string of the molecule is CC1CCN(C2C3CC4CC(C3)CC2C4)CC1.Cc1cc(CCC2C3CC4CC(C3)CC2C4)ccc1O.Cc1ccc(C(C)CC2C3CC4CC(C3)CC2C4)c(O)c1.Cc1ccc(CCC2C3CC4CC(C3)CC2C4)c(O)c1.Cc1ccc(CCC2C3CC4CC(C3)CC2C4)cc1.Cc1ccc(CCC2C3CC4CC(C3)CC2C4)cc1.c1c(CCC2C3CC4CC(C3)CC2C4)nc2n1CCC2. The third-order valence-corrected chi connectivity index (χ3v) is 45.5. The summed E-state index contributed by atoms with van der Waals surface area (Å²) < 4.78 is 2.40. The third-order valence-electron chi connectivity index (χ3n) is 45.5. The van der Waals surface area contributed by atoms with E-state index in [1.165, 1.54) is 221 Å². The largest absolute Gasteiger partial charge is 0.508 e. The summed E-state index contributed by atoms with van der Waals surface area (Å²) in [4.78, 5) is 7.77. The Morgan fingerprint density at radius 1 is 0.309 bits per heavy atom. The average Bonchev–Trinajstić information content (AvgIpc) is 0.801. The summed E-state index contributed by atoms with van der Waals surface area (Å²) in [7, 11) is 0. The van der Waals surface area contributed by atoms with E-state index in [9.17, 15) is 15.3 Å². The average molecular weight is 1840 g/mol. The number of imidazole rings is 1. The lowest BCUT2D eigenvalue weighted by Gasteiger charge is -2.58. The maximum absolute atomic E-state index is 10.2. The predicted molar refractivity (Wildman–Crippen MR) is 560 cm³/mol. The van der Waals surface area contributed by atoms with Crippen molar-refractivity contribution in [1.29, 1.82) is 0 Å². The molecule has 0 amide bonds. The molecule has 28 bridgehead atoms. The molecule has 3 N–H and O–H groups in total. The van der Waals surface area contributed by atoms with Gasteiger partial charge in [-0.3, -0.25) is 4.90 Å². The smallest absolute Gasteiger partial charge is 0.119 e. The van der Waals surface area contributed by atoms with Crippen molar-refractivity contribution >= 4 is 0 Å². The predicted octanol–water partition coefficient (Wildman–Crippen LogP) is 32.1. The molecule has 29 fully saturated rings. The number of rotatable bonds is 19. The molecule has 28 saturated carbocycles. The van der Waals surface area contributed by atoms with E-state index in [0.29, 0.717) is 23.2 Å². The zero-order valence-electron chi connectivity index (χ0n) is 86.4. The Morgan fingerprint density at radius 3 is 0.978 bits per heavy atom. The first kappa shape index (κ1) is 94.3. The zero-order chi connectivity index (χ0) is 92.1. The van der Waals surface area contributed by atoms with Gasteiger partial charge in [0.05, 0.1) is 5.69 Å². The van der Waals surface area contributed by atoms with Crippen molar-refractivity contribution in [1.82, 2.24) is 14.5 Å². The molecule has 5 aromatic carbocycles. The van der Waals surface area contributed by atoms with Crippen molar-refractivity contribution in [2.75, 3.05) is 13.1 Å². The molecule has 36 rings (SSSR count). The van der Waals surface area contributed by atoms with Gasteiger partial charge in [0.15, 0.2) is 0 Å². The molecular formula is C130H185N3O3. The number of benzene rings is 5. The molecule has 3 heterocycles. The number of piperidine rings is 1. The molecule has 1 aromatic heterocycles. The van der Waals surface area contributed by atoms with Crippen LogP contribution in [0.15, 0.2) is 109 Å². The van der Waals surface area contributed by atoms with E-state index in [4.69, 9.17) is 4.98 Å². The molecule has 1 atom stereocenters. The van der Waals surface area contributed by atoms with Gasteiger partial charge in [-0.1, -0.05) is 110 Å². The number of likely N-dealkylation sites (tertiary alicyclic amines) is 1. The van der Waals surface area contributed by atoms with Crippen LogP contribution in [0.4, 0.5) is 0 Å². The van der Waals surface area contributed by atoms with Crippen molar-refractivity contribution in [3.05, 3.63) is 176 Å². The van der Waals surface area contributed by atoms with Crippen LogP contribution in [0.3, 0.4) is 0 Å². The topological polar surface area (TPSA) is 81.8 Å². The van der Waals surface area contributed by atoms with Crippen LogP contribution in [0.25, 0.3) is 0 Å². The molecule has 0 spiro atoms. The highest BCUT2D eigenvalue weighted by molar-refractivity contribution is 5.39. The number of aryl methyl sites for hydroxylation is 12. The van der Waals surface area contributed by atoms with Crippen LogP contribution in [-0.2, 0) is 45.1 Å². The van der Waals surface area contributed by atoms with E-state index in [2.05, 4.69) is 128 Å². The minimum Gasteiger partial charge on any atom is -0.508 e. The summed E-state index contributed by atoms with van der Waals surface area (Å²) in [6.45, 7) is 19.2. The Balaban J connectivity index is 0.0000000893. The molecule has 6 nitrogen and oxygen atoms in total. The first-order valence-electron chi connectivity index (χ1n) is 59.4. The van der Waals surface area contributed by atoms with Crippen molar-refractivity contribution in [3.8, 4) is 17.2 Å². The normalized spacial score (nSPS) is 40.8. The van der Waals surface area contributed by atoms with E-state index in [1.54, 1.807) is 152 Å². The van der Waals surface area contributed by atoms with Gasteiger partial charge in [-0.25, -0.2) is 4.98 Å². The summed E-state index contributed by atoms with van der Waals surface area (Å²) >= 11 is 0. The Bertz CT molecular complexity index is 4650. The van der Waals surface area contributed by atoms with Gasteiger partial charge in [0.2, 0.25) is 0 Å². The molecule has 30 aliphatic rings. The fourth-order valence-electron chi connectivity index (χ4n) is 40.7. The summed E-state index contributed by atoms with van der Waals surface area (Å²) in [5, 5.41) is 29.9. The number of nitrogens with zero attached hydrogens (tertiary/aromatic N) is 3. The molecule has 1 unspecified atom stereocenters. The van der Waals surface area contributed by atoms with Gasteiger partial charge in [-0.05, 0) is 638 Å². The third kappa shape index (κ3) is 21.2. The number of aromatic hydroxyl groups is 3. The van der Waals surface area contributed by atoms with Crippen LogP contribution in [0.5, 0.6) is 17.2 Å². The van der Waals surface area contributed by atoms with Crippen LogP contribution in [0.2, 0.25) is 0 Å². The van der Waals surface area contributed by atoms with Crippen LogP contribution in [-0.4, -0.2) is 48.9 Å².